The summed E-state index contributed by atoms with van der Waals surface area (Å²) in [6.45, 7) is 4.18. The zero-order valence-electron chi connectivity index (χ0n) is 7.99. The molecule has 0 saturated heterocycles. The summed E-state index contributed by atoms with van der Waals surface area (Å²) in [5, 5.41) is 3.67. The standard InChI is InChI=1S/C10H13N3/c1-3-8-6-5-7-10(12-13-11)9(8)4-2/h5-7H,3-4H2,1-2H3. The lowest BCUT2D eigenvalue weighted by Gasteiger charge is -2.07. The Morgan fingerprint density at radius 2 is 2.08 bits per heavy atom. The van der Waals surface area contributed by atoms with E-state index in [1.165, 1.54) is 11.1 Å². The van der Waals surface area contributed by atoms with E-state index in [1.807, 2.05) is 12.1 Å². The summed E-state index contributed by atoms with van der Waals surface area (Å²) in [4.78, 5) is 2.81. The van der Waals surface area contributed by atoms with Crippen LogP contribution in [0.15, 0.2) is 23.3 Å². The molecule has 0 fully saturated rings. The van der Waals surface area contributed by atoms with Gasteiger partial charge in [-0.2, -0.15) is 0 Å². The molecule has 0 spiro atoms. The first-order valence-corrected chi connectivity index (χ1v) is 4.49. The van der Waals surface area contributed by atoms with Crippen molar-refractivity contribution in [3.05, 3.63) is 39.8 Å². The summed E-state index contributed by atoms with van der Waals surface area (Å²) in [6.07, 6.45) is 1.90. The summed E-state index contributed by atoms with van der Waals surface area (Å²) in [7, 11) is 0. The number of hydrogen-bond donors (Lipinski definition) is 0. The maximum Gasteiger partial charge on any atom is 0.0410 e. The van der Waals surface area contributed by atoms with E-state index < -0.39 is 0 Å². The maximum absolute atomic E-state index is 8.36. The average Bonchev–Trinajstić information content (AvgIpc) is 2.18. The van der Waals surface area contributed by atoms with Crippen molar-refractivity contribution in [1.82, 2.24) is 0 Å². The third-order valence-electron chi connectivity index (χ3n) is 2.14. The van der Waals surface area contributed by atoms with Crippen LogP contribution in [0.25, 0.3) is 10.4 Å². The molecule has 0 heterocycles. The Labute approximate surface area is 78.0 Å². The molecule has 3 nitrogen and oxygen atoms in total. The van der Waals surface area contributed by atoms with Crippen LogP contribution in [0.5, 0.6) is 0 Å². The number of nitrogens with zero attached hydrogens (tertiary/aromatic N) is 3. The van der Waals surface area contributed by atoms with Crippen LogP contribution >= 0.6 is 0 Å². The number of azide groups is 1. The molecule has 0 aliphatic carbocycles. The lowest BCUT2D eigenvalue weighted by molar-refractivity contribution is 1.03. The first-order valence-electron chi connectivity index (χ1n) is 4.49. The molecule has 0 unspecified atom stereocenters. The van der Waals surface area contributed by atoms with Gasteiger partial charge >= 0.3 is 0 Å². The van der Waals surface area contributed by atoms with Crippen LogP contribution in [-0.4, -0.2) is 0 Å². The van der Waals surface area contributed by atoms with Crippen molar-refractivity contribution in [2.45, 2.75) is 26.7 Å². The van der Waals surface area contributed by atoms with Gasteiger partial charge in [0.15, 0.2) is 0 Å². The van der Waals surface area contributed by atoms with E-state index in [0.717, 1.165) is 18.5 Å². The highest BCUT2D eigenvalue weighted by molar-refractivity contribution is 5.50. The second kappa shape index (κ2) is 4.53. The summed E-state index contributed by atoms with van der Waals surface area (Å²) >= 11 is 0. The monoisotopic (exact) mass is 175 g/mol. The van der Waals surface area contributed by atoms with E-state index in [4.69, 9.17) is 5.53 Å². The summed E-state index contributed by atoms with van der Waals surface area (Å²) in [6, 6.07) is 5.87. The maximum atomic E-state index is 8.36. The van der Waals surface area contributed by atoms with E-state index in [1.54, 1.807) is 0 Å². The molecule has 0 aliphatic rings. The summed E-state index contributed by atoms with van der Waals surface area (Å²) in [5.41, 5.74) is 11.6. The molecule has 0 N–H and O–H groups in total. The largest absolute Gasteiger partial charge is 0.0615 e. The van der Waals surface area contributed by atoms with Gasteiger partial charge in [-0.15, -0.1) is 0 Å². The van der Waals surface area contributed by atoms with Gasteiger partial charge in [-0.25, -0.2) is 0 Å². The van der Waals surface area contributed by atoms with Crippen LogP contribution in [0.2, 0.25) is 0 Å². The fourth-order valence-electron chi connectivity index (χ4n) is 1.50. The molecule has 0 bridgehead atoms. The normalized spacial score (nSPS) is 9.38. The lowest BCUT2D eigenvalue weighted by atomic mass is 10.0. The summed E-state index contributed by atoms with van der Waals surface area (Å²) < 4.78 is 0. The van der Waals surface area contributed by atoms with E-state index >= 15 is 0 Å². The van der Waals surface area contributed by atoms with Crippen LogP contribution in [0.3, 0.4) is 0 Å². The lowest BCUT2D eigenvalue weighted by Crippen LogP contribution is -1.90. The minimum absolute atomic E-state index is 0.768. The number of aryl methyl sites for hydroxylation is 1. The molecule has 3 heteroatoms. The van der Waals surface area contributed by atoms with Crippen molar-refractivity contribution >= 4 is 5.69 Å². The Morgan fingerprint density at radius 1 is 1.31 bits per heavy atom. The van der Waals surface area contributed by atoms with Crippen molar-refractivity contribution < 1.29 is 0 Å². The highest BCUT2D eigenvalue weighted by atomic mass is 15.1. The van der Waals surface area contributed by atoms with Crippen LogP contribution in [0, 0.1) is 0 Å². The van der Waals surface area contributed by atoms with Crippen LogP contribution in [-0.2, 0) is 12.8 Å². The average molecular weight is 175 g/mol. The molecule has 0 aromatic heterocycles. The molecule has 0 radical (unpaired) electrons. The van der Waals surface area contributed by atoms with Crippen molar-refractivity contribution in [3.8, 4) is 0 Å². The van der Waals surface area contributed by atoms with Crippen molar-refractivity contribution in [1.29, 1.82) is 0 Å². The molecule has 68 valence electrons. The minimum Gasteiger partial charge on any atom is -0.0615 e. The van der Waals surface area contributed by atoms with Gasteiger partial charge in [-0.1, -0.05) is 37.2 Å². The predicted octanol–water partition coefficient (Wildman–Crippen LogP) is 3.75. The Kier molecular flexibility index (Phi) is 3.35. The van der Waals surface area contributed by atoms with Crippen LogP contribution < -0.4 is 0 Å². The highest BCUT2D eigenvalue weighted by Crippen LogP contribution is 2.23. The van der Waals surface area contributed by atoms with E-state index in [0.29, 0.717) is 0 Å². The Morgan fingerprint density at radius 3 is 2.62 bits per heavy atom. The first-order chi connectivity index (χ1) is 6.33. The Hall–Kier alpha value is -1.47. The highest BCUT2D eigenvalue weighted by Gasteiger charge is 2.02. The number of hydrogen-bond acceptors (Lipinski definition) is 1. The molecule has 0 saturated carbocycles. The van der Waals surface area contributed by atoms with Gasteiger partial charge in [0.1, 0.15) is 0 Å². The van der Waals surface area contributed by atoms with Crippen LogP contribution in [0.1, 0.15) is 25.0 Å². The zero-order chi connectivity index (χ0) is 9.68. The van der Waals surface area contributed by atoms with E-state index in [9.17, 15) is 0 Å². The van der Waals surface area contributed by atoms with Crippen molar-refractivity contribution in [2.75, 3.05) is 0 Å². The molecule has 0 amide bonds. The minimum atomic E-state index is 0.768. The Balaban J connectivity index is 3.26. The second-order valence-corrected chi connectivity index (χ2v) is 2.81. The van der Waals surface area contributed by atoms with Gasteiger partial charge in [0.2, 0.25) is 0 Å². The Bertz CT molecular complexity index is 338. The van der Waals surface area contributed by atoms with Gasteiger partial charge in [0.25, 0.3) is 0 Å². The van der Waals surface area contributed by atoms with Gasteiger partial charge in [0, 0.05) is 10.6 Å². The fraction of sp³-hybridized carbons (Fsp3) is 0.400. The number of rotatable bonds is 3. The smallest absolute Gasteiger partial charge is 0.0410 e. The van der Waals surface area contributed by atoms with Crippen molar-refractivity contribution in [2.24, 2.45) is 5.11 Å². The van der Waals surface area contributed by atoms with Gasteiger partial charge in [0.05, 0.1) is 0 Å². The molecule has 1 aromatic carbocycles. The van der Waals surface area contributed by atoms with E-state index in [2.05, 4.69) is 29.9 Å². The third-order valence-corrected chi connectivity index (χ3v) is 2.14. The topological polar surface area (TPSA) is 48.8 Å². The zero-order valence-corrected chi connectivity index (χ0v) is 7.99. The predicted molar refractivity (Wildman–Crippen MR) is 54.0 cm³/mol. The third kappa shape index (κ3) is 2.01. The van der Waals surface area contributed by atoms with Gasteiger partial charge in [-0.05, 0) is 29.5 Å². The molecular formula is C10H13N3. The van der Waals surface area contributed by atoms with Gasteiger partial charge in [-0.3, -0.25) is 0 Å². The quantitative estimate of drug-likeness (QED) is 0.381. The first kappa shape index (κ1) is 9.62. The van der Waals surface area contributed by atoms with Crippen molar-refractivity contribution in [3.63, 3.8) is 0 Å². The molecule has 1 rings (SSSR count). The number of benzene rings is 1. The summed E-state index contributed by atoms with van der Waals surface area (Å²) in [5.74, 6) is 0. The molecule has 13 heavy (non-hydrogen) atoms. The SMILES string of the molecule is CCc1cccc(N=[N+]=[N-])c1CC. The molecular weight excluding hydrogens is 162 g/mol. The molecule has 0 atom stereocenters. The molecule has 1 aromatic rings. The molecule has 0 aliphatic heterocycles. The second-order valence-electron chi connectivity index (χ2n) is 2.81. The van der Waals surface area contributed by atoms with Gasteiger partial charge < -0.3 is 0 Å². The van der Waals surface area contributed by atoms with Crippen LogP contribution in [0.4, 0.5) is 5.69 Å². The van der Waals surface area contributed by atoms with E-state index in [-0.39, 0.29) is 0 Å². The fourth-order valence-corrected chi connectivity index (χ4v) is 1.50.